The van der Waals surface area contributed by atoms with E-state index in [1.165, 1.54) is 6.26 Å². The van der Waals surface area contributed by atoms with E-state index in [1.807, 2.05) is 17.1 Å². The van der Waals surface area contributed by atoms with E-state index in [0.717, 1.165) is 6.42 Å². The molecule has 0 unspecified atom stereocenters. The highest BCUT2D eigenvalue weighted by atomic mass is 16.5. The minimum absolute atomic E-state index is 0.0469. The fourth-order valence-corrected chi connectivity index (χ4v) is 4.36. The lowest BCUT2D eigenvalue weighted by Crippen LogP contribution is -2.44. The monoisotopic (exact) mass is 359 g/mol. The van der Waals surface area contributed by atoms with Gasteiger partial charge in [0.05, 0.1) is 31.0 Å². The van der Waals surface area contributed by atoms with Crippen LogP contribution >= 0.6 is 0 Å². The normalized spacial score (nSPS) is 31.9. The molecule has 26 heavy (non-hydrogen) atoms. The highest BCUT2D eigenvalue weighted by Gasteiger charge is 2.66. The van der Waals surface area contributed by atoms with Crippen molar-refractivity contribution in [3.05, 3.63) is 30.2 Å². The Kier molecular flexibility index (Phi) is 4.14. The highest BCUT2D eigenvalue weighted by Crippen LogP contribution is 2.52. The minimum atomic E-state index is -0.631. The molecule has 2 saturated heterocycles. The molecule has 0 radical (unpaired) electrons. The Morgan fingerprint density at radius 3 is 3.00 bits per heavy atom. The summed E-state index contributed by atoms with van der Waals surface area (Å²) in [6, 6.07) is 1.73. The molecule has 1 aromatic heterocycles. The van der Waals surface area contributed by atoms with Crippen molar-refractivity contribution in [2.45, 2.75) is 38.5 Å². The van der Waals surface area contributed by atoms with Gasteiger partial charge in [0.25, 0.3) is 0 Å². The van der Waals surface area contributed by atoms with Gasteiger partial charge < -0.3 is 19.1 Å². The van der Waals surface area contributed by atoms with E-state index in [0.29, 0.717) is 31.2 Å². The van der Waals surface area contributed by atoms with Crippen LogP contribution in [0.3, 0.4) is 0 Å². The standard InChI is InChI=1S/C19H25N3O4/c1-12(2)5-8-22-11-19-7-4-14(26-19)15(16(19)18(22)24)17(23)21(3)10-13-6-9-25-20-13/h4,6-7,9,12,14-16H,5,8,10-11H2,1-3H3/t14-,15+,16+,19-/m0/s1. The summed E-state index contributed by atoms with van der Waals surface area (Å²) in [7, 11) is 1.73. The molecule has 0 N–H and O–H groups in total. The van der Waals surface area contributed by atoms with Crippen LogP contribution in [-0.2, 0) is 20.9 Å². The van der Waals surface area contributed by atoms with Crippen LogP contribution in [0.2, 0.25) is 0 Å². The molecule has 4 heterocycles. The third-order valence-electron chi connectivity index (χ3n) is 5.71. The number of ether oxygens (including phenoxy) is 1. The van der Waals surface area contributed by atoms with E-state index >= 15 is 0 Å². The van der Waals surface area contributed by atoms with E-state index < -0.39 is 17.4 Å². The summed E-state index contributed by atoms with van der Waals surface area (Å²) in [6.07, 6.45) is 6.06. The third kappa shape index (κ3) is 2.65. The zero-order valence-electron chi connectivity index (χ0n) is 15.4. The zero-order valence-corrected chi connectivity index (χ0v) is 15.4. The van der Waals surface area contributed by atoms with Gasteiger partial charge in [-0.1, -0.05) is 31.2 Å². The van der Waals surface area contributed by atoms with Crippen molar-refractivity contribution in [2.24, 2.45) is 17.8 Å². The van der Waals surface area contributed by atoms with Crippen LogP contribution in [0.4, 0.5) is 0 Å². The van der Waals surface area contributed by atoms with Gasteiger partial charge in [0, 0.05) is 19.7 Å². The van der Waals surface area contributed by atoms with Gasteiger partial charge in [-0.05, 0) is 12.3 Å². The molecule has 7 nitrogen and oxygen atoms in total. The van der Waals surface area contributed by atoms with Gasteiger partial charge in [0.15, 0.2) is 0 Å². The van der Waals surface area contributed by atoms with Gasteiger partial charge in [-0.2, -0.15) is 0 Å². The predicted molar refractivity (Wildman–Crippen MR) is 92.7 cm³/mol. The van der Waals surface area contributed by atoms with Gasteiger partial charge in [-0.15, -0.1) is 0 Å². The number of amides is 2. The predicted octanol–water partition coefficient (Wildman–Crippen LogP) is 1.46. The number of carbonyl (C=O) groups is 2. The lowest BCUT2D eigenvalue weighted by Gasteiger charge is -2.27. The Bertz CT molecular complexity index is 729. The number of likely N-dealkylation sites (tertiary alicyclic amines) is 1. The molecule has 1 aromatic rings. The molecule has 0 aliphatic carbocycles. The first-order valence-corrected chi connectivity index (χ1v) is 9.21. The molecular weight excluding hydrogens is 334 g/mol. The average Bonchev–Trinajstić information content (AvgIpc) is 3.35. The first-order chi connectivity index (χ1) is 12.4. The SMILES string of the molecule is CC(C)CCN1C[C@]23C=C[C@H](O2)[C@@H](C(=O)N(C)Cc2ccon2)[C@@H]3C1=O. The Balaban J connectivity index is 1.52. The van der Waals surface area contributed by atoms with Crippen LogP contribution in [0.1, 0.15) is 26.0 Å². The van der Waals surface area contributed by atoms with Crippen LogP contribution in [0.5, 0.6) is 0 Å². The number of carbonyl (C=O) groups excluding carboxylic acids is 2. The third-order valence-corrected chi connectivity index (χ3v) is 5.71. The molecule has 2 bridgehead atoms. The van der Waals surface area contributed by atoms with Crippen molar-refractivity contribution in [3.8, 4) is 0 Å². The van der Waals surface area contributed by atoms with Crippen LogP contribution in [-0.4, -0.2) is 58.6 Å². The Hall–Kier alpha value is -2.15. The molecule has 0 aromatic carbocycles. The first-order valence-electron chi connectivity index (χ1n) is 9.21. The summed E-state index contributed by atoms with van der Waals surface area (Å²) in [5.74, 6) is -0.385. The largest absolute Gasteiger partial charge is 0.364 e. The van der Waals surface area contributed by atoms with Crippen LogP contribution < -0.4 is 0 Å². The molecule has 4 rings (SSSR count). The number of nitrogens with zero attached hydrogens (tertiary/aromatic N) is 3. The second-order valence-corrected chi connectivity index (χ2v) is 8.03. The maximum Gasteiger partial charge on any atom is 0.230 e. The summed E-state index contributed by atoms with van der Waals surface area (Å²) in [5, 5.41) is 3.86. The summed E-state index contributed by atoms with van der Waals surface area (Å²) in [5.41, 5.74) is 0.0554. The van der Waals surface area contributed by atoms with E-state index in [4.69, 9.17) is 9.26 Å². The number of fused-ring (bicyclic) bond motifs is 1. The van der Waals surface area contributed by atoms with E-state index in [1.54, 1.807) is 18.0 Å². The molecule has 3 aliphatic heterocycles. The van der Waals surface area contributed by atoms with Gasteiger partial charge in [0.1, 0.15) is 17.6 Å². The number of hydrogen-bond acceptors (Lipinski definition) is 5. The van der Waals surface area contributed by atoms with Gasteiger partial charge in [-0.3, -0.25) is 9.59 Å². The van der Waals surface area contributed by atoms with Crippen molar-refractivity contribution in [1.82, 2.24) is 15.0 Å². The average molecular weight is 359 g/mol. The van der Waals surface area contributed by atoms with Crippen molar-refractivity contribution >= 4 is 11.8 Å². The smallest absolute Gasteiger partial charge is 0.230 e. The van der Waals surface area contributed by atoms with Crippen molar-refractivity contribution in [3.63, 3.8) is 0 Å². The van der Waals surface area contributed by atoms with Gasteiger partial charge in [0.2, 0.25) is 11.8 Å². The summed E-state index contributed by atoms with van der Waals surface area (Å²) in [6.45, 7) is 5.91. The Morgan fingerprint density at radius 2 is 2.31 bits per heavy atom. The molecule has 2 amide bonds. The zero-order chi connectivity index (χ0) is 18.5. The summed E-state index contributed by atoms with van der Waals surface area (Å²) in [4.78, 5) is 29.6. The van der Waals surface area contributed by atoms with E-state index in [-0.39, 0.29) is 17.9 Å². The van der Waals surface area contributed by atoms with Gasteiger partial charge >= 0.3 is 0 Å². The number of hydrogen-bond donors (Lipinski definition) is 0. The Morgan fingerprint density at radius 1 is 1.50 bits per heavy atom. The summed E-state index contributed by atoms with van der Waals surface area (Å²) < 4.78 is 11.0. The topological polar surface area (TPSA) is 75.9 Å². The van der Waals surface area contributed by atoms with Gasteiger partial charge in [-0.25, -0.2) is 0 Å². The fourth-order valence-electron chi connectivity index (χ4n) is 4.36. The molecule has 0 saturated carbocycles. The lowest BCUT2D eigenvalue weighted by molar-refractivity contribution is -0.142. The highest BCUT2D eigenvalue weighted by molar-refractivity contribution is 5.92. The van der Waals surface area contributed by atoms with Crippen LogP contribution in [0.15, 0.2) is 29.0 Å². The fraction of sp³-hybridized carbons (Fsp3) is 0.632. The van der Waals surface area contributed by atoms with E-state index in [2.05, 4.69) is 19.0 Å². The molecule has 4 atom stereocenters. The maximum atomic E-state index is 13.1. The minimum Gasteiger partial charge on any atom is -0.364 e. The number of aromatic nitrogens is 1. The quantitative estimate of drug-likeness (QED) is 0.719. The molecular formula is C19H25N3O4. The molecule has 3 aliphatic rings. The van der Waals surface area contributed by atoms with E-state index in [9.17, 15) is 9.59 Å². The molecule has 140 valence electrons. The lowest BCUT2D eigenvalue weighted by atomic mass is 9.76. The molecule has 2 fully saturated rings. The van der Waals surface area contributed by atoms with Crippen molar-refractivity contribution in [1.29, 1.82) is 0 Å². The second-order valence-electron chi connectivity index (χ2n) is 8.03. The van der Waals surface area contributed by atoms with Crippen molar-refractivity contribution < 1.29 is 18.8 Å². The number of rotatable bonds is 6. The second kappa shape index (κ2) is 6.23. The van der Waals surface area contributed by atoms with Crippen LogP contribution in [0, 0.1) is 17.8 Å². The maximum absolute atomic E-state index is 13.1. The van der Waals surface area contributed by atoms with Crippen molar-refractivity contribution in [2.75, 3.05) is 20.1 Å². The first kappa shape index (κ1) is 17.3. The molecule has 1 spiro atoms. The summed E-state index contributed by atoms with van der Waals surface area (Å²) >= 11 is 0. The Labute approximate surface area is 152 Å². The van der Waals surface area contributed by atoms with Crippen LogP contribution in [0.25, 0.3) is 0 Å². The molecule has 7 heteroatoms.